The molecule has 0 aliphatic heterocycles. The summed E-state index contributed by atoms with van der Waals surface area (Å²) in [5, 5.41) is 3.46. The van der Waals surface area contributed by atoms with Crippen LogP contribution >= 0.6 is 11.6 Å². The van der Waals surface area contributed by atoms with Gasteiger partial charge in [-0.2, -0.15) is 0 Å². The van der Waals surface area contributed by atoms with Gasteiger partial charge in [-0.25, -0.2) is 8.42 Å². The van der Waals surface area contributed by atoms with Gasteiger partial charge in [0, 0.05) is 24.0 Å². The Morgan fingerprint density at radius 3 is 2.02 bits per heavy atom. The molecule has 46 heavy (non-hydrogen) atoms. The lowest BCUT2D eigenvalue weighted by Gasteiger charge is -2.34. The molecule has 7 nitrogen and oxygen atoms in total. The van der Waals surface area contributed by atoms with Gasteiger partial charge >= 0.3 is 0 Å². The Hall–Kier alpha value is -4.14. The molecular weight excluding hydrogens is 618 g/mol. The number of hydrogen-bond acceptors (Lipinski definition) is 4. The second kappa shape index (κ2) is 15.4. The largest absolute Gasteiger partial charge is 0.352 e. The van der Waals surface area contributed by atoms with Crippen molar-refractivity contribution < 1.29 is 18.0 Å². The molecule has 1 N–H and O–H groups in total. The number of sulfonamides is 1. The maximum absolute atomic E-state index is 14.6. The predicted molar refractivity (Wildman–Crippen MR) is 185 cm³/mol. The zero-order valence-corrected chi connectivity index (χ0v) is 28.6. The average molecular weight is 660 g/mol. The number of nitrogens with zero attached hydrogens (tertiary/aromatic N) is 2. The quantitative estimate of drug-likeness (QED) is 0.165. The molecule has 242 valence electrons. The number of carbonyl (C=O) groups excluding carboxylic acids is 2. The summed E-state index contributed by atoms with van der Waals surface area (Å²) in [6.07, 6.45) is 0.236. The number of anilines is 1. The third kappa shape index (κ3) is 8.98. The second-order valence-electron chi connectivity index (χ2n) is 12.1. The van der Waals surface area contributed by atoms with E-state index in [4.69, 9.17) is 11.6 Å². The average Bonchev–Trinajstić information content (AvgIpc) is 3.02. The number of rotatable bonds is 13. The smallest absolute Gasteiger partial charge is 0.264 e. The molecule has 0 aliphatic rings. The molecule has 0 heterocycles. The van der Waals surface area contributed by atoms with Gasteiger partial charge in [-0.1, -0.05) is 97.7 Å². The summed E-state index contributed by atoms with van der Waals surface area (Å²) in [5.74, 6) is -0.615. The third-order valence-electron chi connectivity index (χ3n) is 7.68. The number of nitrogens with one attached hydrogen (secondary N) is 1. The van der Waals surface area contributed by atoms with Gasteiger partial charge in [0.15, 0.2) is 0 Å². The van der Waals surface area contributed by atoms with Crippen molar-refractivity contribution in [2.24, 2.45) is 0 Å². The lowest BCUT2D eigenvalue weighted by molar-refractivity contribution is -0.140. The van der Waals surface area contributed by atoms with E-state index in [-0.39, 0.29) is 35.7 Å². The van der Waals surface area contributed by atoms with Crippen LogP contribution in [0.3, 0.4) is 0 Å². The van der Waals surface area contributed by atoms with Crippen LogP contribution in [0.25, 0.3) is 0 Å². The topological polar surface area (TPSA) is 86.8 Å². The Morgan fingerprint density at radius 1 is 0.804 bits per heavy atom. The van der Waals surface area contributed by atoms with Crippen molar-refractivity contribution in [3.63, 3.8) is 0 Å². The molecule has 0 radical (unpaired) electrons. The molecule has 4 rings (SSSR count). The first-order chi connectivity index (χ1) is 21.8. The number of amides is 2. The molecule has 9 heteroatoms. The highest BCUT2D eigenvalue weighted by atomic mass is 35.5. The summed E-state index contributed by atoms with van der Waals surface area (Å²) >= 11 is 6.32. The standard InChI is InChI=1S/C37H42ClN3O4S/c1-26(2)31-16-18-33(19-17-31)41(46(44,45)34-20-14-28(5)15-21-34)25-36(42)40(24-30-12-9-13-32(38)22-30)35(37(43)39-27(3)4)23-29-10-7-6-8-11-29/h6-22,26-27,35H,23-25H2,1-5H3,(H,39,43)/t35-/m1/s1. The number of benzene rings is 4. The van der Waals surface area contributed by atoms with Gasteiger partial charge in [-0.15, -0.1) is 0 Å². The van der Waals surface area contributed by atoms with Crippen LogP contribution in [0.15, 0.2) is 108 Å². The molecule has 4 aromatic carbocycles. The number of carbonyl (C=O) groups is 2. The fraction of sp³-hybridized carbons (Fsp3) is 0.297. The van der Waals surface area contributed by atoms with E-state index in [1.165, 1.54) is 4.90 Å². The fourth-order valence-corrected chi connectivity index (χ4v) is 6.79. The van der Waals surface area contributed by atoms with Crippen LogP contribution < -0.4 is 9.62 Å². The molecule has 0 fully saturated rings. The van der Waals surface area contributed by atoms with Gasteiger partial charge < -0.3 is 10.2 Å². The minimum Gasteiger partial charge on any atom is -0.352 e. The normalized spacial score (nSPS) is 12.2. The van der Waals surface area contributed by atoms with Gasteiger partial charge in [0.2, 0.25) is 11.8 Å². The van der Waals surface area contributed by atoms with Gasteiger partial charge in [-0.05, 0) is 79.8 Å². The van der Waals surface area contributed by atoms with E-state index in [9.17, 15) is 18.0 Å². The van der Waals surface area contributed by atoms with E-state index in [2.05, 4.69) is 19.2 Å². The van der Waals surface area contributed by atoms with E-state index in [0.29, 0.717) is 16.3 Å². The zero-order valence-electron chi connectivity index (χ0n) is 27.0. The molecule has 0 bridgehead atoms. The Labute approximate surface area is 278 Å². The zero-order chi connectivity index (χ0) is 33.4. The minimum absolute atomic E-state index is 0.0487. The molecule has 1 atom stereocenters. The van der Waals surface area contributed by atoms with Crippen LogP contribution in [0.5, 0.6) is 0 Å². The third-order valence-corrected chi connectivity index (χ3v) is 9.70. The number of aryl methyl sites for hydroxylation is 1. The summed E-state index contributed by atoms with van der Waals surface area (Å²) in [6, 6.07) is 29.2. The van der Waals surface area contributed by atoms with Crippen molar-refractivity contribution in [1.82, 2.24) is 10.2 Å². The van der Waals surface area contributed by atoms with Crippen LogP contribution in [-0.2, 0) is 32.6 Å². The Morgan fingerprint density at radius 2 is 1.43 bits per heavy atom. The van der Waals surface area contributed by atoms with E-state index >= 15 is 0 Å². The van der Waals surface area contributed by atoms with Gasteiger partial charge in [-0.3, -0.25) is 13.9 Å². The molecule has 0 spiro atoms. The molecular formula is C37H42ClN3O4S. The van der Waals surface area contributed by atoms with E-state index < -0.39 is 28.5 Å². The van der Waals surface area contributed by atoms with Crippen molar-refractivity contribution in [3.05, 3.63) is 130 Å². The first-order valence-corrected chi connectivity index (χ1v) is 17.2. The van der Waals surface area contributed by atoms with Crippen molar-refractivity contribution in [3.8, 4) is 0 Å². The highest BCUT2D eigenvalue weighted by Crippen LogP contribution is 2.27. The highest BCUT2D eigenvalue weighted by Gasteiger charge is 2.35. The summed E-state index contributed by atoms with van der Waals surface area (Å²) in [7, 11) is -4.17. The molecule has 4 aromatic rings. The maximum atomic E-state index is 14.6. The monoisotopic (exact) mass is 659 g/mol. The van der Waals surface area contributed by atoms with Crippen molar-refractivity contribution in [1.29, 1.82) is 0 Å². The lowest BCUT2D eigenvalue weighted by atomic mass is 10.0. The van der Waals surface area contributed by atoms with E-state index in [0.717, 1.165) is 21.0 Å². The summed E-state index contributed by atoms with van der Waals surface area (Å²) in [4.78, 5) is 29.9. The van der Waals surface area contributed by atoms with Crippen molar-refractivity contribution >= 4 is 39.1 Å². The van der Waals surface area contributed by atoms with Crippen LogP contribution in [0, 0.1) is 6.92 Å². The second-order valence-corrected chi connectivity index (χ2v) is 14.4. The van der Waals surface area contributed by atoms with Crippen molar-refractivity contribution in [2.75, 3.05) is 10.8 Å². The first-order valence-electron chi connectivity index (χ1n) is 15.4. The molecule has 0 aromatic heterocycles. The first kappa shape index (κ1) is 34.7. The van der Waals surface area contributed by atoms with Gasteiger partial charge in [0.1, 0.15) is 12.6 Å². The maximum Gasteiger partial charge on any atom is 0.264 e. The Balaban J connectivity index is 1.81. The highest BCUT2D eigenvalue weighted by molar-refractivity contribution is 7.92. The fourth-order valence-electron chi connectivity index (χ4n) is 5.16. The lowest BCUT2D eigenvalue weighted by Crippen LogP contribution is -2.54. The van der Waals surface area contributed by atoms with Crippen LogP contribution in [0.2, 0.25) is 5.02 Å². The number of halogens is 1. The van der Waals surface area contributed by atoms with Crippen LogP contribution in [-0.4, -0.2) is 43.8 Å². The van der Waals surface area contributed by atoms with E-state index in [1.807, 2.05) is 69.3 Å². The van der Waals surface area contributed by atoms with Crippen LogP contribution in [0.1, 0.15) is 55.9 Å². The van der Waals surface area contributed by atoms with E-state index in [1.54, 1.807) is 54.6 Å². The van der Waals surface area contributed by atoms with Crippen LogP contribution in [0.4, 0.5) is 5.69 Å². The Kier molecular flexibility index (Phi) is 11.7. The SMILES string of the molecule is Cc1ccc(S(=O)(=O)N(CC(=O)N(Cc2cccc(Cl)c2)[C@H](Cc2ccccc2)C(=O)NC(C)C)c2ccc(C(C)C)cc2)cc1. The Bertz CT molecular complexity index is 1720. The predicted octanol–water partition coefficient (Wildman–Crippen LogP) is 7.13. The summed E-state index contributed by atoms with van der Waals surface area (Å²) < 4.78 is 29.6. The summed E-state index contributed by atoms with van der Waals surface area (Å²) in [5.41, 5.74) is 3.88. The van der Waals surface area contributed by atoms with Gasteiger partial charge in [0.05, 0.1) is 10.6 Å². The van der Waals surface area contributed by atoms with Gasteiger partial charge in [0.25, 0.3) is 10.0 Å². The minimum atomic E-state index is -4.17. The summed E-state index contributed by atoms with van der Waals surface area (Å²) in [6.45, 7) is 9.25. The number of hydrogen-bond donors (Lipinski definition) is 1. The van der Waals surface area contributed by atoms with Crippen molar-refractivity contribution in [2.45, 2.75) is 70.5 Å². The molecule has 0 saturated heterocycles. The molecule has 0 unspecified atom stereocenters. The molecule has 0 aliphatic carbocycles. The molecule has 2 amide bonds. The molecule has 0 saturated carbocycles.